The van der Waals surface area contributed by atoms with Gasteiger partial charge in [-0.05, 0) is 50.8 Å². The number of nitrogens with two attached hydrogens (primary N) is 1. The van der Waals surface area contributed by atoms with E-state index in [1.807, 2.05) is 12.3 Å². The van der Waals surface area contributed by atoms with Gasteiger partial charge in [-0.15, -0.1) is 0 Å². The standard InChI is InChI=1S/C15H25N3/c1-3-18(15-12(2)7-6-10-17-15)14-9-5-4-8-13(14)11-16/h6-7,10,13-14H,3-5,8-9,11,16H2,1-2H3. The van der Waals surface area contributed by atoms with Crippen LogP contribution in [0.2, 0.25) is 0 Å². The summed E-state index contributed by atoms with van der Waals surface area (Å²) in [7, 11) is 0. The van der Waals surface area contributed by atoms with Crippen molar-refractivity contribution in [2.75, 3.05) is 18.0 Å². The van der Waals surface area contributed by atoms with Crippen LogP contribution in [-0.2, 0) is 0 Å². The van der Waals surface area contributed by atoms with Gasteiger partial charge in [0.25, 0.3) is 0 Å². The Bertz CT molecular complexity index is 378. The quantitative estimate of drug-likeness (QED) is 0.889. The number of hydrogen-bond donors (Lipinski definition) is 1. The lowest BCUT2D eigenvalue weighted by Gasteiger charge is -2.40. The average molecular weight is 247 g/mol. The second kappa shape index (κ2) is 6.19. The molecular weight excluding hydrogens is 222 g/mol. The van der Waals surface area contributed by atoms with Crippen LogP contribution in [0.25, 0.3) is 0 Å². The highest BCUT2D eigenvalue weighted by molar-refractivity contribution is 5.47. The second-order valence-corrected chi connectivity index (χ2v) is 5.28. The number of aromatic nitrogens is 1. The van der Waals surface area contributed by atoms with Crippen LogP contribution in [0.4, 0.5) is 5.82 Å². The summed E-state index contributed by atoms with van der Waals surface area (Å²) in [6, 6.07) is 4.72. The van der Waals surface area contributed by atoms with Gasteiger partial charge in [-0.2, -0.15) is 0 Å². The van der Waals surface area contributed by atoms with Gasteiger partial charge in [-0.3, -0.25) is 0 Å². The Morgan fingerprint density at radius 3 is 2.83 bits per heavy atom. The first kappa shape index (κ1) is 13.3. The van der Waals surface area contributed by atoms with E-state index >= 15 is 0 Å². The zero-order valence-electron chi connectivity index (χ0n) is 11.6. The Kier molecular flexibility index (Phi) is 4.59. The van der Waals surface area contributed by atoms with E-state index in [1.54, 1.807) is 0 Å². The van der Waals surface area contributed by atoms with Crippen LogP contribution in [0.3, 0.4) is 0 Å². The summed E-state index contributed by atoms with van der Waals surface area (Å²) in [5, 5.41) is 0. The number of hydrogen-bond acceptors (Lipinski definition) is 3. The lowest BCUT2D eigenvalue weighted by Crippen LogP contribution is -2.45. The Morgan fingerprint density at radius 2 is 2.17 bits per heavy atom. The topological polar surface area (TPSA) is 42.2 Å². The Balaban J connectivity index is 2.24. The number of anilines is 1. The third kappa shape index (κ3) is 2.66. The van der Waals surface area contributed by atoms with Crippen molar-refractivity contribution in [3.05, 3.63) is 23.9 Å². The number of nitrogens with zero attached hydrogens (tertiary/aromatic N) is 2. The molecule has 1 aromatic heterocycles. The molecule has 2 N–H and O–H groups in total. The van der Waals surface area contributed by atoms with Crippen molar-refractivity contribution in [1.82, 2.24) is 4.98 Å². The summed E-state index contributed by atoms with van der Waals surface area (Å²) in [5.74, 6) is 1.77. The fraction of sp³-hybridized carbons (Fsp3) is 0.667. The van der Waals surface area contributed by atoms with E-state index in [-0.39, 0.29) is 0 Å². The first-order valence-corrected chi connectivity index (χ1v) is 7.16. The van der Waals surface area contributed by atoms with Gasteiger partial charge < -0.3 is 10.6 Å². The van der Waals surface area contributed by atoms with E-state index < -0.39 is 0 Å². The van der Waals surface area contributed by atoms with Gasteiger partial charge in [-0.25, -0.2) is 4.98 Å². The predicted octanol–water partition coefficient (Wildman–Crippen LogP) is 2.73. The fourth-order valence-corrected chi connectivity index (χ4v) is 3.19. The lowest BCUT2D eigenvalue weighted by molar-refractivity contribution is 0.299. The van der Waals surface area contributed by atoms with E-state index in [4.69, 9.17) is 5.73 Å². The second-order valence-electron chi connectivity index (χ2n) is 5.28. The zero-order valence-corrected chi connectivity index (χ0v) is 11.6. The van der Waals surface area contributed by atoms with Crippen molar-refractivity contribution in [2.45, 2.75) is 45.6 Å². The summed E-state index contributed by atoms with van der Waals surface area (Å²) in [4.78, 5) is 7.04. The molecule has 0 radical (unpaired) electrons. The Hall–Kier alpha value is -1.09. The van der Waals surface area contributed by atoms with Crippen molar-refractivity contribution >= 4 is 5.82 Å². The zero-order chi connectivity index (χ0) is 13.0. The maximum absolute atomic E-state index is 5.96. The summed E-state index contributed by atoms with van der Waals surface area (Å²) >= 11 is 0. The van der Waals surface area contributed by atoms with Crippen LogP contribution < -0.4 is 10.6 Å². The molecule has 0 bridgehead atoms. The molecule has 0 amide bonds. The molecule has 18 heavy (non-hydrogen) atoms. The highest BCUT2D eigenvalue weighted by Crippen LogP contribution is 2.31. The van der Waals surface area contributed by atoms with Crippen molar-refractivity contribution in [3.8, 4) is 0 Å². The van der Waals surface area contributed by atoms with Gasteiger partial charge in [0.05, 0.1) is 0 Å². The molecule has 2 atom stereocenters. The molecule has 1 heterocycles. The molecular formula is C15H25N3. The molecule has 1 aliphatic rings. The smallest absolute Gasteiger partial charge is 0.131 e. The Labute approximate surface area is 110 Å². The molecule has 3 nitrogen and oxygen atoms in total. The minimum Gasteiger partial charge on any atom is -0.353 e. The predicted molar refractivity (Wildman–Crippen MR) is 76.8 cm³/mol. The van der Waals surface area contributed by atoms with E-state index in [1.165, 1.54) is 31.2 Å². The van der Waals surface area contributed by atoms with Gasteiger partial charge in [0.15, 0.2) is 0 Å². The lowest BCUT2D eigenvalue weighted by atomic mass is 9.83. The number of pyridine rings is 1. The molecule has 1 fully saturated rings. The molecule has 1 saturated carbocycles. The normalized spacial score (nSPS) is 23.9. The highest BCUT2D eigenvalue weighted by atomic mass is 15.2. The molecule has 100 valence electrons. The van der Waals surface area contributed by atoms with Crippen molar-refractivity contribution < 1.29 is 0 Å². The van der Waals surface area contributed by atoms with Crippen LogP contribution >= 0.6 is 0 Å². The third-order valence-electron chi connectivity index (χ3n) is 4.17. The van der Waals surface area contributed by atoms with Gasteiger partial charge in [-0.1, -0.05) is 18.9 Å². The van der Waals surface area contributed by atoms with Crippen LogP contribution in [0.15, 0.2) is 18.3 Å². The molecule has 0 aliphatic heterocycles. The third-order valence-corrected chi connectivity index (χ3v) is 4.17. The van der Waals surface area contributed by atoms with Crippen molar-refractivity contribution in [3.63, 3.8) is 0 Å². The van der Waals surface area contributed by atoms with Crippen LogP contribution in [-0.4, -0.2) is 24.1 Å². The summed E-state index contributed by atoms with van der Waals surface area (Å²) in [5.41, 5.74) is 7.22. The minimum atomic E-state index is 0.572. The van der Waals surface area contributed by atoms with Crippen LogP contribution in [0, 0.1) is 12.8 Å². The first-order chi connectivity index (χ1) is 8.77. The van der Waals surface area contributed by atoms with Gasteiger partial charge in [0.1, 0.15) is 5.82 Å². The van der Waals surface area contributed by atoms with E-state index in [9.17, 15) is 0 Å². The molecule has 0 aromatic carbocycles. The molecule has 2 rings (SSSR count). The van der Waals surface area contributed by atoms with Gasteiger partial charge in [0.2, 0.25) is 0 Å². The molecule has 1 aromatic rings. The van der Waals surface area contributed by atoms with Gasteiger partial charge in [0, 0.05) is 18.8 Å². The molecule has 3 heteroatoms. The molecule has 0 spiro atoms. The largest absolute Gasteiger partial charge is 0.353 e. The van der Waals surface area contributed by atoms with Crippen molar-refractivity contribution in [1.29, 1.82) is 0 Å². The SMILES string of the molecule is CCN(c1ncccc1C)C1CCCCC1CN. The maximum atomic E-state index is 5.96. The van der Waals surface area contributed by atoms with E-state index in [0.29, 0.717) is 12.0 Å². The van der Waals surface area contributed by atoms with E-state index in [2.05, 4.69) is 29.8 Å². The van der Waals surface area contributed by atoms with E-state index in [0.717, 1.165) is 18.9 Å². The Morgan fingerprint density at radius 1 is 1.39 bits per heavy atom. The fourth-order valence-electron chi connectivity index (χ4n) is 3.19. The molecule has 2 unspecified atom stereocenters. The molecule has 1 aliphatic carbocycles. The monoisotopic (exact) mass is 247 g/mol. The maximum Gasteiger partial charge on any atom is 0.131 e. The summed E-state index contributed by atoms with van der Waals surface area (Å²) in [6.07, 6.45) is 7.07. The highest BCUT2D eigenvalue weighted by Gasteiger charge is 2.29. The van der Waals surface area contributed by atoms with Gasteiger partial charge >= 0.3 is 0 Å². The first-order valence-electron chi connectivity index (χ1n) is 7.16. The molecule has 0 saturated heterocycles. The number of aryl methyl sites for hydroxylation is 1. The minimum absolute atomic E-state index is 0.572. The van der Waals surface area contributed by atoms with Crippen molar-refractivity contribution in [2.24, 2.45) is 11.7 Å². The van der Waals surface area contributed by atoms with Crippen LogP contribution in [0.5, 0.6) is 0 Å². The van der Waals surface area contributed by atoms with Crippen LogP contribution in [0.1, 0.15) is 38.2 Å². The summed E-state index contributed by atoms with van der Waals surface area (Å²) in [6.45, 7) is 6.17. The average Bonchev–Trinajstić information content (AvgIpc) is 2.42. The summed E-state index contributed by atoms with van der Waals surface area (Å²) < 4.78 is 0. The number of rotatable bonds is 4.